The Morgan fingerprint density at radius 3 is 3.24 bits per heavy atom. The topological polar surface area (TPSA) is 59.0 Å². The molecule has 1 aromatic heterocycles. The summed E-state index contributed by atoms with van der Waals surface area (Å²) >= 11 is 0. The smallest absolute Gasteiger partial charge is 0.220 e. The monoisotopic (exact) mass is 236 g/mol. The first kappa shape index (κ1) is 12.1. The number of rotatable bonds is 4. The molecule has 2 heterocycles. The maximum absolute atomic E-state index is 11.7. The molecule has 1 saturated heterocycles. The molecule has 2 N–H and O–H groups in total. The molecule has 0 spiro atoms. The summed E-state index contributed by atoms with van der Waals surface area (Å²) in [5, 5.41) is 10.4. The van der Waals surface area contributed by atoms with Crippen LogP contribution >= 0.6 is 0 Å². The number of hydrogen-bond acceptors (Lipinski definition) is 3. The van der Waals surface area contributed by atoms with Gasteiger partial charge in [-0.3, -0.25) is 9.48 Å². The SMILES string of the molecule is Cn1cc(CCC(=O)NC2CCCNC2)cn1. The number of nitrogens with zero attached hydrogens (tertiary/aromatic N) is 2. The molecule has 0 aliphatic carbocycles. The number of aromatic nitrogens is 2. The van der Waals surface area contributed by atoms with Crippen molar-refractivity contribution in [3.05, 3.63) is 18.0 Å². The van der Waals surface area contributed by atoms with Gasteiger partial charge in [0.2, 0.25) is 5.91 Å². The minimum absolute atomic E-state index is 0.141. The standard InChI is InChI=1S/C12H20N4O/c1-16-9-10(7-14-16)4-5-12(17)15-11-3-2-6-13-8-11/h7,9,11,13H,2-6,8H2,1H3,(H,15,17). The molecule has 5 heteroatoms. The highest BCUT2D eigenvalue weighted by Crippen LogP contribution is 2.04. The third-order valence-electron chi connectivity index (χ3n) is 3.06. The molecule has 17 heavy (non-hydrogen) atoms. The van der Waals surface area contributed by atoms with E-state index >= 15 is 0 Å². The van der Waals surface area contributed by atoms with Crippen LogP contribution in [0.3, 0.4) is 0 Å². The van der Waals surface area contributed by atoms with E-state index in [4.69, 9.17) is 0 Å². The van der Waals surface area contributed by atoms with Crippen LogP contribution in [0.1, 0.15) is 24.8 Å². The fourth-order valence-corrected chi connectivity index (χ4v) is 2.13. The Labute approximate surface area is 102 Å². The number of amides is 1. The van der Waals surface area contributed by atoms with Crippen molar-refractivity contribution in [2.24, 2.45) is 7.05 Å². The van der Waals surface area contributed by atoms with Crippen LogP contribution in [0.4, 0.5) is 0 Å². The lowest BCUT2D eigenvalue weighted by Crippen LogP contribution is -2.45. The highest BCUT2D eigenvalue weighted by Gasteiger charge is 2.14. The van der Waals surface area contributed by atoms with Gasteiger partial charge in [-0.05, 0) is 31.4 Å². The molecular formula is C12H20N4O. The minimum Gasteiger partial charge on any atom is -0.352 e. The van der Waals surface area contributed by atoms with E-state index in [0.717, 1.165) is 37.9 Å². The number of aryl methyl sites for hydroxylation is 2. The average molecular weight is 236 g/mol. The summed E-state index contributed by atoms with van der Waals surface area (Å²) < 4.78 is 1.76. The fraction of sp³-hybridized carbons (Fsp3) is 0.667. The first-order valence-electron chi connectivity index (χ1n) is 6.21. The molecule has 0 bridgehead atoms. The van der Waals surface area contributed by atoms with Crippen LogP contribution in [0.15, 0.2) is 12.4 Å². The Bertz CT molecular complexity index is 368. The fourth-order valence-electron chi connectivity index (χ4n) is 2.13. The molecule has 5 nitrogen and oxygen atoms in total. The predicted octanol–water partition coefficient (Wildman–Crippen LogP) is 0.221. The highest BCUT2D eigenvalue weighted by atomic mass is 16.1. The zero-order chi connectivity index (χ0) is 12.1. The van der Waals surface area contributed by atoms with E-state index in [1.165, 1.54) is 0 Å². The van der Waals surface area contributed by atoms with Crippen molar-refractivity contribution in [2.75, 3.05) is 13.1 Å². The summed E-state index contributed by atoms with van der Waals surface area (Å²) in [6, 6.07) is 0.310. The highest BCUT2D eigenvalue weighted by molar-refractivity contribution is 5.76. The van der Waals surface area contributed by atoms with E-state index in [1.54, 1.807) is 4.68 Å². The van der Waals surface area contributed by atoms with E-state index in [0.29, 0.717) is 12.5 Å². The van der Waals surface area contributed by atoms with Crippen LogP contribution in [0.25, 0.3) is 0 Å². The van der Waals surface area contributed by atoms with E-state index in [1.807, 2.05) is 19.4 Å². The number of piperidine rings is 1. The second-order valence-electron chi connectivity index (χ2n) is 4.63. The van der Waals surface area contributed by atoms with E-state index in [-0.39, 0.29) is 5.91 Å². The zero-order valence-electron chi connectivity index (χ0n) is 10.3. The first-order valence-corrected chi connectivity index (χ1v) is 6.21. The number of carbonyl (C=O) groups excluding carboxylic acids is 1. The lowest BCUT2D eigenvalue weighted by Gasteiger charge is -2.23. The molecule has 0 aromatic carbocycles. The molecule has 2 rings (SSSR count). The summed E-state index contributed by atoms with van der Waals surface area (Å²) in [7, 11) is 1.89. The van der Waals surface area contributed by atoms with Crippen LogP contribution < -0.4 is 10.6 Å². The van der Waals surface area contributed by atoms with Crippen molar-refractivity contribution < 1.29 is 4.79 Å². The third kappa shape index (κ3) is 3.85. The van der Waals surface area contributed by atoms with Gasteiger partial charge in [-0.15, -0.1) is 0 Å². The molecular weight excluding hydrogens is 216 g/mol. The average Bonchev–Trinajstić information content (AvgIpc) is 2.74. The molecule has 1 amide bonds. The van der Waals surface area contributed by atoms with E-state index in [2.05, 4.69) is 15.7 Å². The molecule has 1 atom stereocenters. The molecule has 1 fully saturated rings. The van der Waals surface area contributed by atoms with Crippen LogP contribution in [-0.2, 0) is 18.3 Å². The summed E-state index contributed by atoms with van der Waals surface area (Å²) in [4.78, 5) is 11.7. The van der Waals surface area contributed by atoms with Gasteiger partial charge < -0.3 is 10.6 Å². The summed E-state index contributed by atoms with van der Waals surface area (Å²) in [6.45, 7) is 1.97. The summed E-state index contributed by atoms with van der Waals surface area (Å²) in [5.41, 5.74) is 1.12. The zero-order valence-corrected chi connectivity index (χ0v) is 10.3. The van der Waals surface area contributed by atoms with Crippen LogP contribution in [0.5, 0.6) is 0 Å². The van der Waals surface area contributed by atoms with Crippen LogP contribution in [-0.4, -0.2) is 34.8 Å². The van der Waals surface area contributed by atoms with E-state index in [9.17, 15) is 4.79 Å². The van der Waals surface area contributed by atoms with Crippen LogP contribution in [0, 0.1) is 0 Å². The van der Waals surface area contributed by atoms with Gasteiger partial charge in [0.15, 0.2) is 0 Å². The number of hydrogen-bond donors (Lipinski definition) is 2. The van der Waals surface area contributed by atoms with Gasteiger partial charge in [-0.25, -0.2) is 0 Å². The van der Waals surface area contributed by atoms with Crippen molar-refractivity contribution in [1.82, 2.24) is 20.4 Å². The predicted molar refractivity (Wildman–Crippen MR) is 65.6 cm³/mol. The van der Waals surface area contributed by atoms with Gasteiger partial charge in [-0.2, -0.15) is 5.10 Å². The molecule has 0 saturated carbocycles. The third-order valence-corrected chi connectivity index (χ3v) is 3.06. The maximum Gasteiger partial charge on any atom is 0.220 e. The second-order valence-corrected chi connectivity index (χ2v) is 4.63. The van der Waals surface area contributed by atoms with Gasteiger partial charge in [0.05, 0.1) is 6.20 Å². The number of carbonyl (C=O) groups is 1. The Morgan fingerprint density at radius 1 is 1.71 bits per heavy atom. The van der Waals surface area contributed by atoms with Gasteiger partial charge in [-0.1, -0.05) is 0 Å². The molecule has 1 unspecified atom stereocenters. The maximum atomic E-state index is 11.7. The molecule has 1 aliphatic heterocycles. The first-order chi connectivity index (χ1) is 8.24. The Balaban J connectivity index is 1.70. The number of nitrogens with one attached hydrogen (secondary N) is 2. The van der Waals surface area contributed by atoms with Crippen LogP contribution in [0.2, 0.25) is 0 Å². The van der Waals surface area contributed by atoms with Crippen molar-refractivity contribution in [3.8, 4) is 0 Å². The van der Waals surface area contributed by atoms with E-state index < -0.39 is 0 Å². The van der Waals surface area contributed by atoms with Gasteiger partial charge in [0, 0.05) is 32.3 Å². The lowest BCUT2D eigenvalue weighted by atomic mass is 10.1. The summed E-state index contributed by atoms with van der Waals surface area (Å²) in [5.74, 6) is 0.141. The largest absolute Gasteiger partial charge is 0.352 e. The van der Waals surface area contributed by atoms with Crippen molar-refractivity contribution in [2.45, 2.75) is 31.7 Å². The normalized spacial score (nSPS) is 20.2. The molecule has 1 aromatic rings. The minimum atomic E-state index is 0.141. The van der Waals surface area contributed by atoms with Crippen molar-refractivity contribution in [1.29, 1.82) is 0 Å². The second kappa shape index (κ2) is 5.82. The quantitative estimate of drug-likeness (QED) is 0.786. The Morgan fingerprint density at radius 2 is 2.59 bits per heavy atom. The van der Waals surface area contributed by atoms with Crippen molar-refractivity contribution >= 4 is 5.91 Å². The van der Waals surface area contributed by atoms with Gasteiger partial charge in [0.25, 0.3) is 0 Å². The Kier molecular flexibility index (Phi) is 4.14. The molecule has 94 valence electrons. The summed E-state index contributed by atoms with van der Waals surface area (Å²) in [6.07, 6.45) is 7.31. The van der Waals surface area contributed by atoms with Gasteiger partial charge in [0.1, 0.15) is 0 Å². The van der Waals surface area contributed by atoms with Gasteiger partial charge >= 0.3 is 0 Å². The molecule has 0 radical (unpaired) electrons. The van der Waals surface area contributed by atoms with Crippen molar-refractivity contribution in [3.63, 3.8) is 0 Å². The lowest BCUT2D eigenvalue weighted by molar-refractivity contribution is -0.121. The Hall–Kier alpha value is -1.36. The molecule has 1 aliphatic rings.